The SMILES string of the molecule is O=C(O)C1CC1N1CC(c2cccs2)NC1=O. The Hall–Kier alpha value is -1.56. The van der Waals surface area contributed by atoms with Gasteiger partial charge in [-0.1, -0.05) is 6.07 Å². The summed E-state index contributed by atoms with van der Waals surface area (Å²) in [5.41, 5.74) is 0. The number of carbonyl (C=O) groups excluding carboxylic acids is 1. The van der Waals surface area contributed by atoms with Crippen molar-refractivity contribution in [1.29, 1.82) is 0 Å². The Morgan fingerprint density at radius 2 is 2.41 bits per heavy atom. The maximum atomic E-state index is 11.8. The first-order valence-electron chi connectivity index (χ1n) is 5.50. The summed E-state index contributed by atoms with van der Waals surface area (Å²) in [4.78, 5) is 25.3. The lowest BCUT2D eigenvalue weighted by atomic mass is 10.2. The van der Waals surface area contributed by atoms with Crippen LogP contribution in [0.1, 0.15) is 17.3 Å². The minimum atomic E-state index is -0.803. The van der Waals surface area contributed by atoms with Crippen molar-refractivity contribution in [2.45, 2.75) is 18.5 Å². The fourth-order valence-corrected chi connectivity index (χ4v) is 3.05. The summed E-state index contributed by atoms with van der Waals surface area (Å²) in [7, 11) is 0. The van der Waals surface area contributed by atoms with Crippen molar-refractivity contribution < 1.29 is 14.7 Å². The average molecular weight is 252 g/mol. The third-order valence-electron chi connectivity index (χ3n) is 3.30. The van der Waals surface area contributed by atoms with Gasteiger partial charge in [0.2, 0.25) is 0 Å². The molecule has 3 unspecified atom stereocenters. The molecule has 1 aromatic rings. The van der Waals surface area contributed by atoms with E-state index in [0.717, 1.165) is 4.88 Å². The highest BCUT2D eigenvalue weighted by Crippen LogP contribution is 2.39. The fraction of sp³-hybridized carbons (Fsp3) is 0.455. The van der Waals surface area contributed by atoms with E-state index in [1.807, 2.05) is 17.5 Å². The minimum Gasteiger partial charge on any atom is -0.481 e. The maximum Gasteiger partial charge on any atom is 0.318 e. The number of carboxylic acids is 1. The van der Waals surface area contributed by atoms with Gasteiger partial charge < -0.3 is 15.3 Å². The van der Waals surface area contributed by atoms with Crippen molar-refractivity contribution in [2.24, 2.45) is 5.92 Å². The average Bonchev–Trinajstić information content (AvgIpc) is 2.73. The van der Waals surface area contributed by atoms with Gasteiger partial charge in [0.05, 0.1) is 12.0 Å². The van der Waals surface area contributed by atoms with Crippen molar-refractivity contribution >= 4 is 23.3 Å². The number of carbonyl (C=O) groups is 2. The summed E-state index contributed by atoms with van der Waals surface area (Å²) < 4.78 is 0. The molecule has 2 fully saturated rings. The van der Waals surface area contributed by atoms with Crippen LogP contribution in [0.4, 0.5) is 4.79 Å². The van der Waals surface area contributed by atoms with Crippen LogP contribution in [-0.2, 0) is 4.79 Å². The molecule has 2 N–H and O–H groups in total. The summed E-state index contributed by atoms with van der Waals surface area (Å²) in [6, 6.07) is 3.69. The minimum absolute atomic E-state index is 0.0116. The summed E-state index contributed by atoms with van der Waals surface area (Å²) in [5.74, 6) is -1.18. The molecular formula is C11H12N2O3S. The number of hydrogen-bond donors (Lipinski definition) is 2. The van der Waals surface area contributed by atoms with Crippen LogP contribution >= 0.6 is 11.3 Å². The highest BCUT2D eigenvalue weighted by atomic mass is 32.1. The largest absolute Gasteiger partial charge is 0.481 e. The summed E-state index contributed by atoms with van der Waals surface area (Å²) in [5, 5.41) is 13.7. The van der Waals surface area contributed by atoms with Crippen molar-refractivity contribution in [1.82, 2.24) is 10.2 Å². The van der Waals surface area contributed by atoms with E-state index in [9.17, 15) is 9.59 Å². The van der Waals surface area contributed by atoms with E-state index >= 15 is 0 Å². The number of carboxylic acid groups (broad SMARTS) is 1. The Morgan fingerprint density at radius 1 is 1.59 bits per heavy atom. The number of nitrogens with zero attached hydrogens (tertiary/aromatic N) is 1. The van der Waals surface area contributed by atoms with Gasteiger partial charge in [-0.2, -0.15) is 0 Å². The van der Waals surface area contributed by atoms with Crippen molar-refractivity contribution in [3.63, 3.8) is 0 Å². The van der Waals surface area contributed by atoms with E-state index in [1.54, 1.807) is 16.2 Å². The highest BCUT2D eigenvalue weighted by molar-refractivity contribution is 7.10. The summed E-state index contributed by atoms with van der Waals surface area (Å²) >= 11 is 1.61. The molecule has 0 aromatic carbocycles. The van der Waals surface area contributed by atoms with Crippen LogP contribution in [0.5, 0.6) is 0 Å². The third kappa shape index (κ3) is 1.78. The van der Waals surface area contributed by atoms with Gasteiger partial charge in [-0.05, 0) is 17.9 Å². The fourth-order valence-electron chi connectivity index (χ4n) is 2.29. The monoisotopic (exact) mass is 252 g/mol. The van der Waals surface area contributed by atoms with Crippen LogP contribution in [0, 0.1) is 5.92 Å². The van der Waals surface area contributed by atoms with Gasteiger partial charge in [0.25, 0.3) is 0 Å². The van der Waals surface area contributed by atoms with Crippen LogP contribution in [-0.4, -0.2) is 34.6 Å². The molecule has 2 aliphatic rings. The van der Waals surface area contributed by atoms with Gasteiger partial charge in [-0.25, -0.2) is 4.79 Å². The summed E-state index contributed by atoms with van der Waals surface area (Å²) in [6.45, 7) is 0.577. The Morgan fingerprint density at radius 3 is 3.00 bits per heavy atom. The predicted octanol–water partition coefficient (Wildman–Crippen LogP) is 1.29. The second kappa shape index (κ2) is 3.73. The molecule has 2 heterocycles. The predicted molar refractivity (Wildman–Crippen MR) is 61.8 cm³/mol. The number of hydrogen-bond acceptors (Lipinski definition) is 3. The van der Waals surface area contributed by atoms with Crippen LogP contribution in [0.15, 0.2) is 17.5 Å². The molecule has 1 aromatic heterocycles. The van der Waals surface area contributed by atoms with E-state index < -0.39 is 5.97 Å². The van der Waals surface area contributed by atoms with E-state index in [0.29, 0.717) is 13.0 Å². The second-order valence-electron chi connectivity index (χ2n) is 4.42. The van der Waals surface area contributed by atoms with Gasteiger partial charge in [0, 0.05) is 17.5 Å². The van der Waals surface area contributed by atoms with E-state index in [4.69, 9.17) is 5.11 Å². The lowest BCUT2D eigenvalue weighted by Crippen LogP contribution is -2.32. The topological polar surface area (TPSA) is 69.6 Å². The van der Waals surface area contributed by atoms with Gasteiger partial charge in [0.15, 0.2) is 0 Å². The third-order valence-corrected chi connectivity index (χ3v) is 4.28. The molecule has 0 radical (unpaired) electrons. The standard InChI is InChI=1S/C11H12N2O3S/c14-10(15)6-4-8(6)13-5-7(12-11(13)16)9-2-1-3-17-9/h1-3,6-8H,4-5H2,(H,12,16)(H,14,15). The molecule has 6 heteroatoms. The highest BCUT2D eigenvalue weighted by Gasteiger charge is 2.51. The number of amides is 2. The van der Waals surface area contributed by atoms with Gasteiger partial charge in [-0.15, -0.1) is 11.3 Å². The molecule has 1 saturated carbocycles. The number of nitrogens with one attached hydrogen (secondary N) is 1. The summed E-state index contributed by atoms with van der Waals surface area (Å²) in [6.07, 6.45) is 0.583. The number of rotatable bonds is 3. The Bertz CT molecular complexity index is 459. The first-order chi connectivity index (χ1) is 8.16. The van der Waals surface area contributed by atoms with Crippen molar-refractivity contribution in [2.75, 3.05) is 6.54 Å². The van der Waals surface area contributed by atoms with Crippen LogP contribution in [0.25, 0.3) is 0 Å². The molecule has 1 saturated heterocycles. The number of urea groups is 1. The Balaban J connectivity index is 1.69. The second-order valence-corrected chi connectivity index (χ2v) is 5.40. The van der Waals surface area contributed by atoms with E-state index in [1.165, 1.54) is 0 Å². The molecule has 2 amide bonds. The molecule has 1 aliphatic heterocycles. The maximum absolute atomic E-state index is 11.8. The normalized spacial score (nSPS) is 31.4. The quantitative estimate of drug-likeness (QED) is 0.851. The smallest absolute Gasteiger partial charge is 0.318 e. The molecule has 1 aliphatic carbocycles. The zero-order valence-electron chi connectivity index (χ0n) is 9.00. The lowest BCUT2D eigenvalue weighted by molar-refractivity contribution is -0.138. The van der Waals surface area contributed by atoms with Crippen LogP contribution in [0.3, 0.4) is 0 Å². The first kappa shape index (κ1) is 10.6. The van der Waals surface area contributed by atoms with Crippen molar-refractivity contribution in [3.8, 4) is 0 Å². The number of thiophene rings is 1. The van der Waals surface area contributed by atoms with Crippen molar-refractivity contribution in [3.05, 3.63) is 22.4 Å². The van der Waals surface area contributed by atoms with Gasteiger partial charge >= 0.3 is 12.0 Å². The molecule has 0 spiro atoms. The molecular weight excluding hydrogens is 240 g/mol. The Kier molecular flexibility index (Phi) is 2.32. The van der Waals surface area contributed by atoms with E-state index in [2.05, 4.69) is 5.32 Å². The number of aliphatic carboxylic acids is 1. The van der Waals surface area contributed by atoms with Crippen LogP contribution in [0.2, 0.25) is 0 Å². The zero-order valence-corrected chi connectivity index (χ0v) is 9.81. The van der Waals surface area contributed by atoms with Crippen LogP contribution < -0.4 is 5.32 Å². The Labute approximate surface area is 102 Å². The van der Waals surface area contributed by atoms with Gasteiger partial charge in [0.1, 0.15) is 0 Å². The molecule has 3 rings (SSSR count). The zero-order chi connectivity index (χ0) is 12.0. The molecule has 5 nitrogen and oxygen atoms in total. The first-order valence-corrected chi connectivity index (χ1v) is 6.38. The molecule has 90 valence electrons. The van der Waals surface area contributed by atoms with Gasteiger partial charge in [-0.3, -0.25) is 4.79 Å². The molecule has 3 atom stereocenters. The van der Waals surface area contributed by atoms with E-state index in [-0.39, 0.29) is 24.0 Å². The molecule has 0 bridgehead atoms. The lowest BCUT2D eigenvalue weighted by Gasteiger charge is -2.13. The molecule has 17 heavy (non-hydrogen) atoms.